The first-order valence-corrected chi connectivity index (χ1v) is 14.8. The van der Waals surface area contributed by atoms with Crippen LogP contribution in [0.5, 0.6) is 0 Å². The Morgan fingerprint density at radius 2 is 1.58 bits per heavy atom. The molecule has 0 heterocycles. The third kappa shape index (κ3) is 9.24. The predicted octanol–water partition coefficient (Wildman–Crippen LogP) is 4.80. The van der Waals surface area contributed by atoms with Crippen LogP contribution in [0.4, 0.5) is 5.69 Å². The molecule has 1 N–H and O–H groups in total. The summed E-state index contributed by atoms with van der Waals surface area (Å²) >= 11 is 3.42. The van der Waals surface area contributed by atoms with Gasteiger partial charge < -0.3 is 10.2 Å². The number of hydrogen-bond donors (Lipinski definition) is 1. The third-order valence-corrected chi connectivity index (χ3v) is 7.49. The first-order chi connectivity index (χ1) is 16.8. The summed E-state index contributed by atoms with van der Waals surface area (Å²) in [4.78, 5) is 27.7. The van der Waals surface area contributed by atoms with Crippen molar-refractivity contribution in [2.24, 2.45) is 5.92 Å². The van der Waals surface area contributed by atoms with Crippen molar-refractivity contribution < 1.29 is 18.0 Å². The third-order valence-electron chi connectivity index (χ3n) is 5.76. The van der Waals surface area contributed by atoms with Crippen molar-refractivity contribution in [1.29, 1.82) is 0 Å². The smallest absolute Gasteiger partial charge is 0.242 e. The lowest BCUT2D eigenvalue weighted by atomic mass is 10.1. The Labute approximate surface area is 224 Å². The van der Waals surface area contributed by atoms with Crippen molar-refractivity contribution in [2.75, 3.05) is 23.7 Å². The van der Waals surface area contributed by atoms with Gasteiger partial charge in [-0.2, -0.15) is 0 Å². The van der Waals surface area contributed by atoms with Crippen LogP contribution in [-0.4, -0.2) is 50.5 Å². The Morgan fingerprint density at radius 3 is 2.11 bits per heavy atom. The minimum absolute atomic E-state index is 0.120. The first kappa shape index (κ1) is 29.8. The largest absolute Gasteiger partial charge is 0.354 e. The van der Waals surface area contributed by atoms with Crippen molar-refractivity contribution in [2.45, 2.75) is 60.0 Å². The van der Waals surface area contributed by atoms with Gasteiger partial charge in [-0.05, 0) is 74.1 Å². The van der Waals surface area contributed by atoms with Crippen LogP contribution in [-0.2, 0) is 26.2 Å². The van der Waals surface area contributed by atoms with E-state index < -0.39 is 16.1 Å². The van der Waals surface area contributed by atoms with E-state index >= 15 is 0 Å². The number of sulfonamides is 1. The molecule has 0 saturated carbocycles. The summed E-state index contributed by atoms with van der Waals surface area (Å²) in [5.41, 5.74) is 3.44. The van der Waals surface area contributed by atoms with Gasteiger partial charge in [-0.3, -0.25) is 13.9 Å². The molecule has 0 spiro atoms. The number of carbonyl (C=O) groups is 2. The average Bonchev–Trinajstić information content (AvgIpc) is 2.77. The Balaban J connectivity index is 2.18. The molecular formula is C27H38BrN3O4S. The molecule has 36 heavy (non-hydrogen) atoms. The fourth-order valence-electron chi connectivity index (χ4n) is 3.92. The fraction of sp³-hybridized carbons (Fsp3) is 0.481. The maximum Gasteiger partial charge on any atom is 0.242 e. The van der Waals surface area contributed by atoms with Crippen LogP contribution >= 0.6 is 15.9 Å². The summed E-state index contributed by atoms with van der Waals surface area (Å²) < 4.78 is 27.3. The zero-order chi connectivity index (χ0) is 27.0. The number of benzene rings is 2. The SMILES string of the molecule is Cc1cc(C)cc(N(CCCC(=O)N(Cc2ccc(Br)cc2)[C@H](C)C(=O)NCC(C)C)S(C)(=O)=O)c1. The van der Waals surface area contributed by atoms with Crippen molar-refractivity contribution in [3.05, 3.63) is 63.6 Å². The molecule has 198 valence electrons. The van der Waals surface area contributed by atoms with Crippen LogP contribution in [0.1, 0.15) is 50.3 Å². The number of amides is 2. The number of nitrogens with zero attached hydrogens (tertiary/aromatic N) is 2. The van der Waals surface area contributed by atoms with Gasteiger partial charge in [0.2, 0.25) is 21.8 Å². The molecule has 2 amide bonds. The molecule has 2 aromatic rings. The van der Waals surface area contributed by atoms with Gasteiger partial charge in [-0.15, -0.1) is 0 Å². The van der Waals surface area contributed by atoms with Crippen LogP contribution in [0.25, 0.3) is 0 Å². The summed E-state index contributed by atoms with van der Waals surface area (Å²) in [7, 11) is -3.53. The zero-order valence-corrected chi connectivity index (χ0v) is 24.4. The van der Waals surface area contributed by atoms with E-state index in [1.54, 1.807) is 11.8 Å². The zero-order valence-electron chi connectivity index (χ0n) is 22.0. The minimum Gasteiger partial charge on any atom is -0.354 e. The summed E-state index contributed by atoms with van der Waals surface area (Å²) in [6, 6.07) is 12.6. The monoisotopic (exact) mass is 579 g/mol. The van der Waals surface area contributed by atoms with Crippen LogP contribution in [0.15, 0.2) is 46.9 Å². The second kappa shape index (κ2) is 13.2. The Morgan fingerprint density at radius 1 is 1.00 bits per heavy atom. The van der Waals surface area contributed by atoms with Gasteiger partial charge in [0.05, 0.1) is 11.9 Å². The van der Waals surface area contributed by atoms with E-state index in [1.807, 2.05) is 70.2 Å². The lowest BCUT2D eigenvalue weighted by Crippen LogP contribution is -2.48. The molecule has 7 nitrogen and oxygen atoms in total. The highest BCUT2D eigenvalue weighted by atomic mass is 79.9. The summed E-state index contributed by atoms with van der Waals surface area (Å²) in [6.07, 6.45) is 1.62. The summed E-state index contributed by atoms with van der Waals surface area (Å²) in [5, 5.41) is 2.91. The van der Waals surface area contributed by atoms with E-state index in [-0.39, 0.29) is 31.3 Å². The molecule has 0 aliphatic rings. The maximum atomic E-state index is 13.3. The number of aryl methyl sites for hydroxylation is 2. The summed E-state index contributed by atoms with van der Waals surface area (Å²) in [5.74, 6) is -0.106. The molecule has 0 radical (unpaired) electrons. The van der Waals surface area contributed by atoms with Crippen LogP contribution in [0.2, 0.25) is 0 Å². The van der Waals surface area contributed by atoms with Gasteiger partial charge in [0, 0.05) is 30.5 Å². The molecule has 0 aliphatic heterocycles. The normalized spacial score (nSPS) is 12.3. The fourth-order valence-corrected chi connectivity index (χ4v) is 5.13. The Kier molecular flexibility index (Phi) is 11.0. The quantitative estimate of drug-likeness (QED) is 0.391. The topological polar surface area (TPSA) is 86.8 Å². The average molecular weight is 581 g/mol. The second-order valence-corrected chi connectivity index (χ2v) is 12.6. The predicted molar refractivity (Wildman–Crippen MR) is 149 cm³/mol. The van der Waals surface area contributed by atoms with Crippen molar-refractivity contribution in [1.82, 2.24) is 10.2 Å². The van der Waals surface area contributed by atoms with Crippen molar-refractivity contribution in [3.8, 4) is 0 Å². The number of nitrogens with one attached hydrogen (secondary N) is 1. The summed E-state index contributed by atoms with van der Waals surface area (Å²) in [6.45, 7) is 10.6. The van der Waals surface area contributed by atoms with E-state index in [0.29, 0.717) is 24.6 Å². The van der Waals surface area contributed by atoms with E-state index in [0.717, 1.165) is 21.2 Å². The van der Waals surface area contributed by atoms with Crippen molar-refractivity contribution >= 4 is 43.5 Å². The highest BCUT2D eigenvalue weighted by Gasteiger charge is 2.26. The Bertz CT molecular complexity index is 1130. The standard InChI is InChI=1S/C27H38BrN3O4S/c1-19(2)17-29-27(33)22(5)30(18-23-9-11-24(28)12-10-23)26(32)8-7-13-31(36(6,34)35)25-15-20(3)14-21(4)16-25/h9-12,14-16,19,22H,7-8,13,17-18H2,1-6H3,(H,29,33)/t22-/m1/s1. The molecule has 0 aromatic heterocycles. The highest BCUT2D eigenvalue weighted by Crippen LogP contribution is 2.22. The van der Waals surface area contributed by atoms with Gasteiger partial charge in [-0.1, -0.05) is 48.0 Å². The van der Waals surface area contributed by atoms with Gasteiger partial charge in [-0.25, -0.2) is 8.42 Å². The number of carbonyl (C=O) groups excluding carboxylic acids is 2. The van der Waals surface area contributed by atoms with Crippen LogP contribution in [0.3, 0.4) is 0 Å². The molecule has 0 unspecified atom stereocenters. The lowest BCUT2D eigenvalue weighted by Gasteiger charge is -2.30. The maximum absolute atomic E-state index is 13.3. The van der Waals surface area contributed by atoms with Crippen molar-refractivity contribution in [3.63, 3.8) is 0 Å². The number of anilines is 1. The van der Waals surface area contributed by atoms with Crippen LogP contribution in [0, 0.1) is 19.8 Å². The highest BCUT2D eigenvalue weighted by molar-refractivity contribution is 9.10. The molecule has 0 saturated heterocycles. The molecule has 1 atom stereocenters. The van der Waals surface area contributed by atoms with E-state index in [1.165, 1.54) is 10.6 Å². The molecule has 0 bridgehead atoms. The lowest BCUT2D eigenvalue weighted by molar-refractivity contribution is -0.140. The van der Waals surface area contributed by atoms with E-state index in [4.69, 9.17) is 0 Å². The van der Waals surface area contributed by atoms with Gasteiger partial charge in [0.25, 0.3) is 0 Å². The molecule has 0 fully saturated rings. The van der Waals surface area contributed by atoms with Crippen LogP contribution < -0.4 is 9.62 Å². The van der Waals surface area contributed by atoms with Gasteiger partial charge in [0.15, 0.2) is 0 Å². The number of halogens is 1. The molecule has 2 rings (SSSR count). The minimum atomic E-state index is -3.53. The van der Waals surface area contributed by atoms with E-state index in [2.05, 4.69) is 21.2 Å². The number of hydrogen-bond acceptors (Lipinski definition) is 4. The van der Waals surface area contributed by atoms with Gasteiger partial charge >= 0.3 is 0 Å². The number of rotatable bonds is 12. The van der Waals surface area contributed by atoms with Gasteiger partial charge in [0.1, 0.15) is 6.04 Å². The first-order valence-electron chi connectivity index (χ1n) is 12.2. The molecule has 2 aromatic carbocycles. The molecule has 9 heteroatoms. The molecular weight excluding hydrogens is 542 g/mol. The second-order valence-electron chi connectivity index (χ2n) is 9.75. The Hall–Kier alpha value is -2.39. The molecule has 0 aliphatic carbocycles. The van der Waals surface area contributed by atoms with E-state index in [9.17, 15) is 18.0 Å².